The molecule has 0 radical (unpaired) electrons. The fourth-order valence-corrected chi connectivity index (χ4v) is 2.20. The summed E-state index contributed by atoms with van der Waals surface area (Å²) in [4.78, 5) is 12.0. The topological polar surface area (TPSA) is 46.9 Å². The van der Waals surface area contributed by atoms with Crippen molar-refractivity contribution in [3.05, 3.63) is 17.5 Å². The molecule has 1 unspecified atom stereocenters. The standard InChI is InChI=1S/C11H17N3O/c1-8-6-13-14(2)11(8)10(15)5-9-3-4-12-7-9/h6,9,12H,3-5,7H2,1-2H3. The van der Waals surface area contributed by atoms with Crippen LogP contribution in [0.1, 0.15) is 28.9 Å². The van der Waals surface area contributed by atoms with Gasteiger partial charge in [0.2, 0.25) is 0 Å². The first-order valence-corrected chi connectivity index (χ1v) is 5.41. The predicted molar refractivity (Wildman–Crippen MR) is 57.9 cm³/mol. The molecule has 15 heavy (non-hydrogen) atoms. The Hall–Kier alpha value is -1.16. The van der Waals surface area contributed by atoms with E-state index in [0.717, 1.165) is 30.8 Å². The molecule has 0 saturated carbocycles. The molecule has 1 saturated heterocycles. The number of carbonyl (C=O) groups excluding carboxylic acids is 1. The summed E-state index contributed by atoms with van der Waals surface area (Å²) in [5.74, 6) is 0.730. The number of Topliss-reactive ketones (excluding diaryl/α,β-unsaturated/α-hetero) is 1. The molecule has 1 aliphatic rings. The Labute approximate surface area is 89.7 Å². The number of aromatic nitrogens is 2. The van der Waals surface area contributed by atoms with Crippen molar-refractivity contribution in [3.8, 4) is 0 Å². The second-order valence-electron chi connectivity index (χ2n) is 4.29. The molecule has 1 aromatic rings. The van der Waals surface area contributed by atoms with Gasteiger partial charge in [0.05, 0.1) is 6.20 Å². The molecule has 82 valence electrons. The van der Waals surface area contributed by atoms with E-state index in [4.69, 9.17) is 0 Å². The van der Waals surface area contributed by atoms with Crippen molar-refractivity contribution >= 4 is 5.78 Å². The Balaban J connectivity index is 2.07. The van der Waals surface area contributed by atoms with Gasteiger partial charge in [0.1, 0.15) is 5.69 Å². The third-order valence-corrected chi connectivity index (χ3v) is 3.02. The van der Waals surface area contributed by atoms with Gasteiger partial charge in [0.15, 0.2) is 5.78 Å². The first-order valence-electron chi connectivity index (χ1n) is 5.41. The SMILES string of the molecule is Cc1cnn(C)c1C(=O)CC1CCNC1. The van der Waals surface area contributed by atoms with Crippen molar-refractivity contribution < 1.29 is 4.79 Å². The molecule has 0 bridgehead atoms. The summed E-state index contributed by atoms with van der Waals surface area (Å²) in [6.07, 6.45) is 3.51. The van der Waals surface area contributed by atoms with Crippen molar-refractivity contribution in [3.63, 3.8) is 0 Å². The Kier molecular flexibility index (Phi) is 2.86. The first kappa shape index (κ1) is 10.4. The van der Waals surface area contributed by atoms with Crippen LogP contribution in [0.4, 0.5) is 0 Å². The van der Waals surface area contributed by atoms with Gasteiger partial charge in [0.25, 0.3) is 0 Å². The van der Waals surface area contributed by atoms with E-state index in [-0.39, 0.29) is 5.78 Å². The zero-order valence-electron chi connectivity index (χ0n) is 9.29. The summed E-state index contributed by atoms with van der Waals surface area (Å²) in [7, 11) is 1.83. The van der Waals surface area contributed by atoms with Gasteiger partial charge < -0.3 is 5.32 Å². The Morgan fingerprint density at radius 1 is 1.73 bits per heavy atom. The highest BCUT2D eigenvalue weighted by Crippen LogP contribution is 2.17. The lowest BCUT2D eigenvalue weighted by Gasteiger charge is -2.07. The highest BCUT2D eigenvalue weighted by molar-refractivity contribution is 5.95. The van der Waals surface area contributed by atoms with E-state index >= 15 is 0 Å². The zero-order chi connectivity index (χ0) is 10.8. The minimum atomic E-state index is 0.223. The molecule has 1 aromatic heterocycles. The average Bonchev–Trinajstić information content (AvgIpc) is 2.77. The van der Waals surface area contributed by atoms with E-state index in [9.17, 15) is 4.79 Å². The maximum atomic E-state index is 12.0. The highest BCUT2D eigenvalue weighted by Gasteiger charge is 2.21. The van der Waals surface area contributed by atoms with E-state index in [0.29, 0.717) is 12.3 Å². The van der Waals surface area contributed by atoms with Crippen molar-refractivity contribution in [2.45, 2.75) is 19.8 Å². The monoisotopic (exact) mass is 207 g/mol. The maximum Gasteiger partial charge on any atom is 0.181 e. The van der Waals surface area contributed by atoms with Crippen LogP contribution in [0.3, 0.4) is 0 Å². The van der Waals surface area contributed by atoms with Crippen LogP contribution < -0.4 is 5.32 Å². The second kappa shape index (κ2) is 4.14. The molecule has 0 spiro atoms. The number of carbonyl (C=O) groups is 1. The fourth-order valence-electron chi connectivity index (χ4n) is 2.20. The van der Waals surface area contributed by atoms with Gasteiger partial charge in [-0.3, -0.25) is 9.48 Å². The molecule has 0 amide bonds. The molecule has 0 aliphatic carbocycles. The first-order chi connectivity index (χ1) is 7.18. The van der Waals surface area contributed by atoms with Gasteiger partial charge in [-0.2, -0.15) is 5.10 Å². The van der Waals surface area contributed by atoms with Crippen molar-refractivity contribution in [2.24, 2.45) is 13.0 Å². The minimum Gasteiger partial charge on any atom is -0.316 e. The lowest BCUT2D eigenvalue weighted by atomic mass is 9.99. The average molecular weight is 207 g/mol. The zero-order valence-corrected chi connectivity index (χ0v) is 9.29. The van der Waals surface area contributed by atoms with Crippen LogP contribution in [-0.2, 0) is 7.05 Å². The van der Waals surface area contributed by atoms with Gasteiger partial charge >= 0.3 is 0 Å². The summed E-state index contributed by atoms with van der Waals surface area (Å²) in [5.41, 5.74) is 1.75. The number of rotatable bonds is 3. The molecule has 2 rings (SSSR count). The highest BCUT2D eigenvalue weighted by atomic mass is 16.1. The van der Waals surface area contributed by atoms with E-state index < -0.39 is 0 Å². The summed E-state index contributed by atoms with van der Waals surface area (Å²) < 4.78 is 1.68. The molecule has 2 heterocycles. The molecule has 0 aromatic carbocycles. The smallest absolute Gasteiger partial charge is 0.181 e. The summed E-state index contributed by atoms with van der Waals surface area (Å²) >= 11 is 0. The number of nitrogens with one attached hydrogen (secondary N) is 1. The van der Waals surface area contributed by atoms with Gasteiger partial charge in [-0.05, 0) is 37.9 Å². The fraction of sp³-hybridized carbons (Fsp3) is 0.636. The summed E-state index contributed by atoms with van der Waals surface area (Å²) in [6, 6.07) is 0. The minimum absolute atomic E-state index is 0.223. The van der Waals surface area contributed by atoms with Crippen LogP contribution in [0.2, 0.25) is 0 Å². The van der Waals surface area contributed by atoms with Gasteiger partial charge in [-0.15, -0.1) is 0 Å². The van der Waals surface area contributed by atoms with Gasteiger partial charge in [-0.1, -0.05) is 0 Å². The van der Waals surface area contributed by atoms with Crippen LogP contribution in [0.15, 0.2) is 6.20 Å². The van der Waals surface area contributed by atoms with Crippen molar-refractivity contribution in [1.82, 2.24) is 15.1 Å². The van der Waals surface area contributed by atoms with Crippen molar-refractivity contribution in [1.29, 1.82) is 0 Å². The largest absolute Gasteiger partial charge is 0.316 e. The third-order valence-electron chi connectivity index (χ3n) is 3.02. The number of ketones is 1. The maximum absolute atomic E-state index is 12.0. The van der Waals surface area contributed by atoms with Gasteiger partial charge in [0, 0.05) is 13.5 Å². The van der Waals surface area contributed by atoms with E-state index in [1.165, 1.54) is 0 Å². The second-order valence-corrected chi connectivity index (χ2v) is 4.29. The Morgan fingerprint density at radius 2 is 2.53 bits per heavy atom. The van der Waals surface area contributed by atoms with E-state index in [1.807, 2.05) is 14.0 Å². The molecule has 1 N–H and O–H groups in total. The van der Waals surface area contributed by atoms with Crippen LogP contribution in [0.5, 0.6) is 0 Å². The van der Waals surface area contributed by atoms with Gasteiger partial charge in [-0.25, -0.2) is 0 Å². The van der Waals surface area contributed by atoms with E-state index in [2.05, 4.69) is 10.4 Å². The third kappa shape index (κ3) is 2.09. The number of nitrogens with zero attached hydrogens (tertiary/aromatic N) is 2. The van der Waals surface area contributed by atoms with Crippen molar-refractivity contribution in [2.75, 3.05) is 13.1 Å². The summed E-state index contributed by atoms with van der Waals surface area (Å²) in [6.45, 7) is 3.96. The molecule has 1 aliphatic heterocycles. The molecule has 1 fully saturated rings. The lowest BCUT2D eigenvalue weighted by molar-refractivity contribution is 0.0954. The Bertz CT molecular complexity index is 344. The lowest BCUT2D eigenvalue weighted by Crippen LogP contribution is -2.15. The van der Waals surface area contributed by atoms with Crippen LogP contribution in [-0.4, -0.2) is 28.7 Å². The van der Waals surface area contributed by atoms with E-state index in [1.54, 1.807) is 10.9 Å². The van der Waals surface area contributed by atoms with Crippen LogP contribution >= 0.6 is 0 Å². The quantitative estimate of drug-likeness (QED) is 0.749. The van der Waals surface area contributed by atoms with Crippen LogP contribution in [0, 0.1) is 12.8 Å². The normalized spacial score (nSPS) is 20.8. The predicted octanol–water partition coefficient (Wildman–Crippen LogP) is 0.911. The molecule has 1 atom stereocenters. The number of aryl methyl sites for hydroxylation is 2. The summed E-state index contributed by atoms with van der Waals surface area (Å²) in [5, 5.41) is 7.37. The van der Waals surface area contributed by atoms with Crippen LogP contribution in [0.25, 0.3) is 0 Å². The number of hydrogen-bond acceptors (Lipinski definition) is 3. The Morgan fingerprint density at radius 3 is 3.07 bits per heavy atom. The molecule has 4 nitrogen and oxygen atoms in total. The molecular formula is C11H17N3O. The molecular weight excluding hydrogens is 190 g/mol. The molecule has 4 heteroatoms. The number of hydrogen-bond donors (Lipinski definition) is 1.